The Kier molecular flexibility index (Phi) is 3.39. The molecule has 1 aliphatic heterocycles. The highest BCUT2D eigenvalue weighted by Crippen LogP contribution is 2.43. The lowest BCUT2D eigenvalue weighted by Crippen LogP contribution is -2.64. The van der Waals surface area contributed by atoms with Gasteiger partial charge in [0, 0.05) is 11.3 Å². The van der Waals surface area contributed by atoms with Crippen LogP contribution in [0.4, 0.5) is 0 Å². The molecule has 1 heterocycles. The molecule has 2 fully saturated rings. The quantitative estimate of drug-likeness (QED) is 0.820. The lowest BCUT2D eigenvalue weighted by molar-refractivity contribution is -0.148. The first-order chi connectivity index (χ1) is 7.99. The molecule has 2 rings (SSSR count). The lowest BCUT2D eigenvalue weighted by Gasteiger charge is -2.47. The van der Waals surface area contributed by atoms with Gasteiger partial charge in [-0.1, -0.05) is 6.42 Å². The molecule has 5 heteroatoms. The molecule has 1 saturated carbocycles. The van der Waals surface area contributed by atoms with Gasteiger partial charge in [-0.05, 0) is 32.9 Å². The van der Waals surface area contributed by atoms with Gasteiger partial charge in [0.15, 0.2) is 0 Å². The third-order valence-corrected chi connectivity index (χ3v) is 5.42. The second-order valence-electron chi connectivity index (χ2n) is 5.11. The van der Waals surface area contributed by atoms with Crippen LogP contribution in [0.2, 0.25) is 0 Å². The van der Waals surface area contributed by atoms with Crippen molar-refractivity contribution in [2.24, 2.45) is 0 Å². The van der Waals surface area contributed by atoms with E-state index in [2.05, 4.69) is 11.6 Å². The molecular formula is C12H20N2O2S. The van der Waals surface area contributed by atoms with Crippen LogP contribution in [0.25, 0.3) is 0 Å². The first-order valence-corrected chi connectivity index (χ1v) is 7.37. The average Bonchev–Trinajstić information content (AvgIpc) is 2.25. The Morgan fingerprint density at radius 1 is 1.41 bits per heavy atom. The van der Waals surface area contributed by atoms with E-state index in [1.165, 1.54) is 6.42 Å². The zero-order valence-electron chi connectivity index (χ0n) is 10.7. The van der Waals surface area contributed by atoms with E-state index in [1.807, 2.05) is 18.7 Å². The zero-order chi connectivity index (χ0) is 12.6. The number of carbonyl (C=O) groups excluding carboxylic acids is 2. The summed E-state index contributed by atoms with van der Waals surface area (Å²) in [6, 6.07) is -0.707. The Morgan fingerprint density at radius 3 is 2.53 bits per heavy atom. The van der Waals surface area contributed by atoms with Gasteiger partial charge < -0.3 is 10.2 Å². The summed E-state index contributed by atoms with van der Waals surface area (Å²) in [6.45, 7) is 4.28. The number of nitrogens with zero attached hydrogens (tertiary/aromatic N) is 1. The maximum atomic E-state index is 12.1. The monoisotopic (exact) mass is 256 g/mol. The second kappa shape index (κ2) is 4.52. The predicted octanol–water partition coefficient (Wildman–Crippen LogP) is 1.01. The number of piperazine rings is 1. The van der Waals surface area contributed by atoms with Gasteiger partial charge in [-0.2, -0.15) is 11.8 Å². The van der Waals surface area contributed by atoms with E-state index in [1.54, 1.807) is 11.8 Å². The molecule has 96 valence electrons. The normalized spacial score (nSPS) is 32.1. The van der Waals surface area contributed by atoms with Crippen LogP contribution in [0.1, 0.15) is 33.1 Å². The maximum Gasteiger partial charge on any atom is 0.245 e. The molecule has 1 N–H and O–H groups in total. The van der Waals surface area contributed by atoms with Crippen molar-refractivity contribution in [2.75, 3.05) is 12.8 Å². The fourth-order valence-corrected chi connectivity index (χ4v) is 3.47. The molecule has 2 unspecified atom stereocenters. The highest BCUT2D eigenvalue weighted by molar-refractivity contribution is 8.00. The van der Waals surface area contributed by atoms with Crippen LogP contribution in [-0.2, 0) is 9.59 Å². The molecule has 1 saturated heterocycles. The van der Waals surface area contributed by atoms with Gasteiger partial charge in [0.25, 0.3) is 0 Å². The highest BCUT2D eigenvalue weighted by Gasteiger charge is 2.44. The van der Waals surface area contributed by atoms with Crippen LogP contribution >= 0.6 is 11.8 Å². The first-order valence-electron chi connectivity index (χ1n) is 6.15. The molecule has 17 heavy (non-hydrogen) atoms. The van der Waals surface area contributed by atoms with E-state index >= 15 is 0 Å². The highest BCUT2D eigenvalue weighted by atomic mass is 32.2. The topological polar surface area (TPSA) is 49.4 Å². The molecule has 2 atom stereocenters. The number of hydrogen-bond acceptors (Lipinski definition) is 3. The Labute approximate surface area is 106 Å². The summed E-state index contributed by atoms with van der Waals surface area (Å²) in [5, 5.41) is 2.71. The van der Waals surface area contributed by atoms with Crippen molar-refractivity contribution in [3.8, 4) is 0 Å². The minimum absolute atomic E-state index is 0.0346. The van der Waals surface area contributed by atoms with E-state index in [0.29, 0.717) is 6.54 Å². The minimum atomic E-state index is -0.377. The van der Waals surface area contributed by atoms with E-state index in [0.717, 1.165) is 12.8 Å². The first kappa shape index (κ1) is 12.7. The summed E-state index contributed by atoms with van der Waals surface area (Å²) in [6.07, 6.45) is 5.64. The van der Waals surface area contributed by atoms with E-state index in [4.69, 9.17) is 0 Å². The predicted molar refractivity (Wildman–Crippen MR) is 68.9 cm³/mol. The zero-order valence-corrected chi connectivity index (χ0v) is 11.5. The van der Waals surface area contributed by atoms with Crippen LogP contribution in [0, 0.1) is 0 Å². The Bertz CT molecular complexity index is 336. The van der Waals surface area contributed by atoms with Crippen molar-refractivity contribution in [1.29, 1.82) is 0 Å². The Morgan fingerprint density at radius 2 is 2.06 bits per heavy atom. The Balaban J connectivity index is 2.11. The van der Waals surface area contributed by atoms with Crippen LogP contribution in [-0.4, -0.2) is 46.3 Å². The molecular weight excluding hydrogens is 236 g/mol. The SMILES string of the molecule is CSC1(CN2C(=O)C(C)NC(=O)C2C)CCC1. The average molecular weight is 256 g/mol. The summed E-state index contributed by atoms with van der Waals surface area (Å²) in [5.41, 5.74) is 0. The molecule has 0 bridgehead atoms. The fourth-order valence-electron chi connectivity index (χ4n) is 2.50. The van der Waals surface area contributed by atoms with Crippen molar-refractivity contribution < 1.29 is 9.59 Å². The van der Waals surface area contributed by atoms with Gasteiger partial charge in [-0.25, -0.2) is 0 Å². The third-order valence-electron chi connectivity index (χ3n) is 4.02. The van der Waals surface area contributed by atoms with Gasteiger partial charge in [-0.3, -0.25) is 9.59 Å². The molecule has 1 aliphatic carbocycles. The Hall–Kier alpha value is -0.710. The minimum Gasteiger partial charge on any atom is -0.343 e. The van der Waals surface area contributed by atoms with Gasteiger partial charge >= 0.3 is 0 Å². The summed E-state index contributed by atoms with van der Waals surface area (Å²) < 4.78 is 0.196. The number of hydrogen-bond donors (Lipinski definition) is 1. The smallest absolute Gasteiger partial charge is 0.245 e. The second-order valence-corrected chi connectivity index (χ2v) is 6.39. The van der Waals surface area contributed by atoms with Crippen molar-refractivity contribution >= 4 is 23.6 Å². The van der Waals surface area contributed by atoms with Crippen LogP contribution in [0.15, 0.2) is 0 Å². The summed E-state index contributed by atoms with van der Waals surface area (Å²) >= 11 is 1.83. The van der Waals surface area contributed by atoms with E-state index in [-0.39, 0.29) is 28.6 Å². The number of nitrogens with one attached hydrogen (secondary N) is 1. The number of thioether (sulfide) groups is 1. The molecule has 0 aromatic heterocycles. The van der Waals surface area contributed by atoms with Crippen LogP contribution in [0.5, 0.6) is 0 Å². The summed E-state index contributed by atoms with van der Waals surface area (Å²) in [7, 11) is 0. The van der Waals surface area contributed by atoms with Gasteiger partial charge in [0.1, 0.15) is 12.1 Å². The van der Waals surface area contributed by atoms with Gasteiger partial charge in [-0.15, -0.1) is 0 Å². The molecule has 2 amide bonds. The van der Waals surface area contributed by atoms with Gasteiger partial charge in [0.05, 0.1) is 0 Å². The molecule has 0 aromatic carbocycles. The molecule has 0 radical (unpaired) electrons. The van der Waals surface area contributed by atoms with Gasteiger partial charge in [0.2, 0.25) is 11.8 Å². The van der Waals surface area contributed by atoms with E-state index in [9.17, 15) is 9.59 Å². The third kappa shape index (κ3) is 2.17. The van der Waals surface area contributed by atoms with Crippen LogP contribution in [0.3, 0.4) is 0 Å². The molecule has 2 aliphatic rings. The molecule has 0 aromatic rings. The number of carbonyl (C=O) groups is 2. The number of rotatable bonds is 3. The summed E-state index contributed by atoms with van der Waals surface area (Å²) in [5.74, 6) is 0.0186. The lowest BCUT2D eigenvalue weighted by atomic mass is 9.83. The van der Waals surface area contributed by atoms with Crippen LogP contribution < -0.4 is 5.32 Å². The van der Waals surface area contributed by atoms with Crippen molar-refractivity contribution in [3.05, 3.63) is 0 Å². The van der Waals surface area contributed by atoms with Crippen molar-refractivity contribution in [1.82, 2.24) is 10.2 Å². The summed E-state index contributed by atoms with van der Waals surface area (Å²) in [4.78, 5) is 25.6. The molecule has 0 spiro atoms. The maximum absolute atomic E-state index is 12.1. The fraction of sp³-hybridized carbons (Fsp3) is 0.833. The molecule has 4 nitrogen and oxygen atoms in total. The van der Waals surface area contributed by atoms with Crippen molar-refractivity contribution in [3.63, 3.8) is 0 Å². The number of amides is 2. The van der Waals surface area contributed by atoms with E-state index < -0.39 is 0 Å². The standard InChI is InChI=1S/C12H20N2O2S/c1-8-11(16)14(9(2)10(15)13-8)7-12(17-3)5-4-6-12/h8-9H,4-7H2,1-3H3,(H,13,15). The van der Waals surface area contributed by atoms with Crippen molar-refractivity contribution in [2.45, 2.75) is 49.9 Å². The largest absolute Gasteiger partial charge is 0.343 e.